The van der Waals surface area contributed by atoms with E-state index in [1.165, 1.54) is 24.5 Å². The Kier molecular flexibility index (Phi) is 9.40. The summed E-state index contributed by atoms with van der Waals surface area (Å²) >= 11 is 5.91. The smallest absolute Gasteiger partial charge is 0.248 e. The van der Waals surface area contributed by atoms with Gasteiger partial charge in [0.25, 0.3) is 0 Å². The molecule has 3 aromatic rings. The van der Waals surface area contributed by atoms with Crippen molar-refractivity contribution in [2.24, 2.45) is 0 Å². The highest BCUT2D eigenvalue weighted by molar-refractivity contribution is 7.85. The summed E-state index contributed by atoms with van der Waals surface area (Å²) in [7, 11) is 0.830. The number of carbonyl (C=O) groups is 1. The Morgan fingerprint density at radius 3 is 2.78 bits per heavy atom. The molecule has 1 aliphatic rings. The molecule has 196 valence electrons. The van der Waals surface area contributed by atoms with Gasteiger partial charge >= 0.3 is 0 Å². The molecule has 0 saturated carbocycles. The van der Waals surface area contributed by atoms with Crippen LogP contribution in [-0.4, -0.2) is 76.4 Å². The van der Waals surface area contributed by atoms with Gasteiger partial charge in [-0.15, -0.1) is 0 Å². The van der Waals surface area contributed by atoms with Crippen LogP contribution in [0.25, 0.3) is 10.9 Å². The molecular weight excluding hydrogens is 521 g/mol. The largest absolute Gasteiger partial charge is 0.489 e. The Morgan fingerprint density at radius 1 is 1.22 bits per heavy atom. The molecule has 1 amide bonds. The third kappa shape index (κ3) is 7.45. The van der Waals surface area contributed by atoms with Crippen LogP contribution in [0.3, 0.4) is 0 Å². The van der Waals surface area contributed by atoms with Gasteiger partial charge in [-0.05, 0) is 24.3 Å². The van der Waals surface area contributed by atoms with Crippen LogP contribution >= 0.6 is 11.6 Å². The zero-order valence-corrected chi connectivity index (χ0v) is 21.8. The number of methoxy groups -OCH3 is 1. The summed E-state index contributed by atoms with van der Waals surface area (Å²) < 4.78 is 36.0. The number of ether oxygens (including phenoxy) is 2. The summed E-state index contributed by atoms with van der Waals surface area (Å²) in [4.78, 5) is 23.5. The van der Waals surface area contributed by atoms with E-state index in [0.29, 0.717) is 58.5 Å². The van der Waals surface area contributed by atoms with Crippen molar-refractivity contribution in [2.45, 2.75) is 0 Å². The fraction of sp³-hybridized carbons (Fsp3) is 0.320. The van der Waals surface area contributed by atoms with Crippen LogP contribution in [0.5, 0.6) is 5.75 Å². The van der Waals surface area contributed by atoms with Crippen molar-refractivity contribution in [1.82, 2.24) is 14.9 Å². The van der Waals surface area contributed by atoms with E-state index in [1.807, 2.05) is 0 Å². The van der Waals surface area contributed by atoms with E-state index in [4.69, 9.17) is 21.1 Å². The first-order valence-electron chi connectivity index (χ1n) is 11.6. The fourth-order valence-corrected chi connectivity index (χ4v) is 5.00. The molecule has 2 aromatic carbocycles. The van der Waals surface area contributed by atoms with E-state index >= 15 is 0 Å². The lowest BCUT2D eigenvalue weighted by atomic mass is 10.1. The average molecular weight is 548 g/mol. The van der Waals surface area contributed by atoms with Gasteiger partial charge in [-0.3, -0.25) is 13.9 Å². The predicted molar refractivity (Wildman–Crippen MR) is 144 cm³/mol. The summed E-state index contributed by atoms with van der Waals surface area (Å²) in [5.41, 5.74) is 1.55. The Labute approximate surface area is 221 Å². The molecule has 0 bridgehead atoms. The van der Waals surface area contributed by atoms with Crippen LogP contribution in [-0.2, 0) is 20.3 Å². The predicted octanol–water partition coefficient (Wildman–Crippen LogP) is 3.75. The molecule has 0 radical (unpaired) electrons. The molecule has 0 unspecified atom stereocenters. The number of nitrogens with one attached hydrogen (secondary N) is 2. The molecule has 1 aliphatic heterocycles. The highest BCUT2D eigenvalue weighted by atomic mass is 35.5. The van der Waals surface area contributed by atoms with Crippen molar-refractivity contribution in [3.8, 4) is 5.75 Å². The van der Waals surface area contributed by atoms with Gasteiger partial charge in [0.15, 0.2) is 0 Å². The number of halogens is 2. The normalized spacial score (nSPS) is 14.8. The maximum Gasteiger partial charge on any atom is 0.248 e. The second-order valence-corrected chi connectivity index (χ2v) is 10.3. The van der Waals surface area contributed by atoms with E-state index in [0.717, 1.165) is 13.1 Å². The molecule has 4 rings (SSSR count). The van der Waals surface area contributed by atoms with Crippen LogP contribution < -0.4 is 15.4 Å². The minimum absolute atomic E-state index is 0.0188. The summed E-state index contributed by atoms with van der Waals surface area (Å²) in [5.74, 6) is 1.34. The zero-order chi connectivity index (χ0) is 26.2. The minimum atomic E-state index is -0.744. The van der Waals surface area contributed by atoms with Gasteiger partial charge in [-0.1, -0.05) is 17.7 Å². The molecule has 2 heterocycles. The number of aromatic nitrogens is 2. The number of hydrogen-bond donors (Lipinski definition) is 2. The maximum absolute atomic E-state index is 13.6. The Balaban J connectivity index is 1.56. The van der Waals surface area contributed by atoms with Gasteiger partial charge < -0.3 is 20.1 Å². The molecule has 9 nitrogen and oxygen atoms in total. The van der Waals surface area contributed by atoms with Crippen molar-refractivity contribution >= 4 is 56.4 Å². The molecule has 2 N–H and O–H groups in total. The van der Waals surface area contributed by atoms with Gasteiger partial charge in [0, 0.05) is 72.3 Å². The Morgan fingerprint density at radius 2 is 2.03 bits per heavy atom. The molecule has 0 aliphatic carbocycles. The molecule has 37 heavy (non-hydrogen) atoms. The summed E-state index contributed by atoms with van der Waals surface area (Å²) in [6.07, 6.45) is 4.65. The highest BCUT2D eigenvalue weighted by Gasteiger charge is 2.15. The summed E-state index contributed by atoms with van der Waals surface area (Å²) in [6.45, 7) is 2.74. The molecular formula is C25H27ClFN5O4S. The van der Waals surface area contributed by atoms with Crippen molar-refractivity contribution in [1.29, 1.82) is 0 Å². The number of nitrogens with zero attached hydrogens (tertiary/aromatic N) is 3. The average Bonchev–Trinajstić information content (AvgIpc) is 2.88. The Bertz CT molecular complexity index is 1320. The van der Waals surface area contributed by atoms with Gasteiger partial charge in [-0.25, -0.2) is 14.4 Å². The molecule has 1 fully saturated rings. The van der Waals surface area contributed by atoms with Gasteiger partial charge in [0.1, 0.15) is 30.3 Å². The minimum Gasteiger partial charge on any atom is -0.489 e. The number of rotatable bonds is 10. The SMILES string of the molecule is COCCOc1cc2ncnc(Nc3ccc(F)c(Cl)c3)c2cc1NC(=O)/C=C/CN1CCS(=O)CC1. The van der Waals surface area contributed by atoms with Crippen LogP contribution in [0.4, 0.5) is 21.6 Å². The number of amides is 1. The number of fused-ring (bicyclic) bond motifs is 1. The monoisotopic (exact) mass is 547 g/mol. The lowest BCUT2D eigenvalue weighted by Gasteiger charge is -2.24. The fourth-order valence-electron chi connectivity index (χ4n) is 3.69. The van der Waals surface area contributed by atoms with E-state index in [2.05, 4.69) is 25.5 Å². The van der Waals surface area contributed by atoms with E-state index < -0.39 is 16.6 Å². The zero-order valence-electron chi connectivity index (χ0n) is 20.2. The highest BCUT2D eigenvalue weighted by Crippen LogP contribution is 2.34. The standard InChI is InChI=1S/C25H27ClFN5O4S/c1-35-9-10-36-23-15-21-18(25(29-16-28-21)30-17-4-5-20(27)19(26)13-17)14-22(23)31-24(33)3-2-6-32-7-11-37(34)12-8-32/h2-5,13-16H,6-12H2,1H3,(H,31,33)(H,28,29,30)/b3-2+. The quantitative estimate of drug-likeness (QED) is 0.292. The number of anilines is 3. The van der Waals surface area contributed by atoms with Gasteiger partial charge in [0.05, 0.1) is 22.8 Å². The molecule has 0 spiro atoms. The van der Waals surface area contributed by atoms with Gasteiger partial charge in [0.2, 0.25) is 5.91 Å². The lowest BCUT2D eigenvalue weighted by molar-refractivity contribution is -0.111. The van der Waals surface area contributed by atoms with Crippen LogP contribution in [0.15, 0.2) is 48.8 Å². The first-order chi connectivity index (χ1) is 17.9. The lowest BCUT2D eigenvalue weighted by Crippen LogP contribution is -2.37. The van der Waals surface area contributed by atoms with E-state index in [-0.39, 0.29) is 17.5 Å². The van der Waals surface area contributed by atoms with Crippen molar-refractivity contribution < 1.29 is 22.9 Å². The van der Waals surface area contributed by atoms with Crippen LogP contribution in [0.1, 0.15) is 0 Å². The third-order valence-corrected chi connectivity index (χ3v) is 7.19. The number of benzene rings is 2. The van der Waals surface area contributed by atoms with Gasteiger partial charge in [-0.2, -0.15) is 0 Å². The van der Waals surface area contributed by atoms with Crippen molar-refractivity contribution in [2.75, 3.05) is 62.1 Å². The first kappa shape index (κ1) is 26.9. The topological polar surface area (TPSA) is 106 Å². The third-order valence-electron chi connectivity index (χ3n) is 5.63. The molecule has 12 heteroatoms. The molecule has 0 atom stereocenters. The molecule has 1 saturated heterocycles. The summed E-state index contributed by atoms with van der Waals surface area (Å²) in [6, 6.07) is 7.70. The Hall–Kier alpha value is -3.12. The van der Waals surface area contributed by atoms with Crippen molar-refractivity contribution in [3.63, 3.8) is 0 Å². The first-order valence-corrected chi connectivity index (χ1v) is 13.5. The van der Waals surface area contributed by atoms with Crippen LogP contribution in [0, 0.1) is 5.82 Å². The van der Waals surface area contributed by atoms with Crippen LogP contribution in [0.2, 0.25) is 5.02 Å². The maximum atomic E-state index is 13.6. The number of carbonyl (C=O) groups excluding carboxylic acids is 1. The van der Waals surface area contributed by atoms with E-state index in [9.17, 15) is 13.4 Å². The molecule has 1 aromatic heterocycles. The number of hydrogen-bond acceptors (Lipinski definition) is 8. The second-order valence-electron chi connectivity index (χ2n) is 8.22. The second kappa shape index (κ2) is 12.9. The van der Waals surface area contributed by atoms with E-state index in [1.54, 1.807) is 31.4 Å². The summed E-state index contributed by atoms with van der Waals surface area (Å²) in [5, 5.41) is 6.59. The van der Waals surface area contributed by atoms with Crippen molar-refractivity contribution in [3.05, 3.63) is 59.7 Å².